The summed E-state index contributed by atoms with van der Waals surface area (Å²) < 4.78 is 0. The lowest BCUT2D eigenvalue weighted by molar-refractivity contribution is 0.607. The quantitative estimate of drug-likeness (QED) is 0.800. The van der Waals surface area contributed by atoms with Crippen molar-refractivity contribution in [1.82, 2.24) is 0 Å². The van der Waals surface area contributed by atoms with Gasteiger partial charge < -0.3 is 10.2 Å². The molecule has 0 aliphatic rings. The highest BCUT2D eigenvalue weighted by atomic mass is 15.1. The predicted octanol–water partition coefficient (Wildman–Crippen LogP) is 4.91. The number of para-hydroxylation sites is 1. The van der Waals surface area contributed by atoms with Crippen LogP contribution in [0.1, 0.15) is 20.3 Å². The van der Waals surface area contributed by atoms with Crippen molar-refractivity contribution in [2.24, 2.45) is 5.92 Å². The lowest BCUT2D eigenvalue weighted by atomic mass is 10.1. The van der Waals surface area contributed by atoms with Gasteiger partial charge in [0.1, 0.15) is 0 Å². The fourth-order valence-corrected chi connectivity index (χ4v) is 2.11. The van der Waals surface area contributed by atoms with Crippen LogP contribution in [0.2, 0.25) is 0 Å². The van der Waals surface area contributed by atoms with E-state index in [1.165, 1.54) is 23.5 Å². The molecule has 20 heavy (non-hydrogen) atoms. The van der Waals surface area contributed by atoms with Gasteiger partial charge in [-0.2, -0.15) is 0 Å². The minimum absolute atomic E-state index is 0.742. The van der Waals surface area contributed by atoms with Crippen molar-refractivity contribution < 1.29 is 0 Å². The second-order valence-electron chi connectivity index (χ2n) is 5.55. The Morgan fingerprint density at radius 1 is 0.900 bits per heavy atom. The smallest absolute Gasteiger partial charge is 0.0409 e. The monoisotopic (exact) mass is 268 g/mol. The van der Waals surface area contributed by atoms with E-state index in [-0.39, 0.29) is 0 Å². The molecule has 0 saturated heterocycles. The molecule has 0 unspecified atom stereocenters. The number of hydrogen-bond donors (Lipinski definition) is 1. The van der Waals surface area contributed by atoms with Crippen molar-refractivity contribution in [3.05, 3.63) is 54.6 Å². The molecular weight excluding hydrogens is 244 g/mol. The molecule has 0 radical (unpaired) electrons. The summed E-state index contributed by atoms with van der Waals surface area (Å²) in [4.78, 5) is 2.19. The van der Waals surface area contributed by atoms with Crippen LogP contribution in [0.15, 0.2) is 54.6 Å². The molecular formula is C18H24N2. The number of nitrogens with one attached hydrogen (secondary N) is 1. The van der Waals surface area contributed by atoms with Gasteiger partial charge in [-0.05, 0) is 48.7 Å². The van der Waals surface area contributed by atoms with Gasteiger partial charge in [0.15, 0.2) is 0 Å². The average molecular weight is 268 g/mol. The highest BCUT2D eigenvalue weighted by Crippen LogP contribution is 2.24. The van der Waals surface area contributed by atoms with Crippen molar-refractivity contribution in [2.75, 3.05) is 23.8 Å². The maximum atomic E-state index is 3.46. The van der Waals surface area contributed by atoms with Gasteiger partial charge in [0.05, 0.1) is 0 Å². The first-order valence-corrected chi connectivity index (χ1v) is 7.29. The topological polar surface area (TPSA) is 15.3 Å². The van der Waals surface area contributed by atoms with Gasteiger partial charge in [0, 0.05) is 30.7 Å². The van der Waals surface area contributed by atoms with Crippen molar-refractivity contribution in [1.29, 1.82) is 0 Å². The second kappa shape index (κ2) is 6.99. The van der Waals surface area contributed by atoms with E-state index in [2.05, 4.69) is 79.6 Å². The lowest BCUT2D eigenvalue weighted by Crippen LogP contribution is -2.09. The molecule has 2 nitrogen and oxygen atoms in total. The van der Waals surface area contributed by atoms with E-state index in [1.54, 1.807) is 0 Å². The van der Waals surface area contributed by atoms with Gasteiger partial charge in [0.2, 0.25) is 0 Å². The summed E-state index contributed by atoms with van der Waals surface area (Å²) in [7, 11) is 2.09. The Hall–Kier alpha value is -1.96. The fourth-order valence-electron chi connectivity index (χ4n) is 2.11. The molecule has 0 saturated carbocycles. The summed E-state index contributed by atoms with van der Waals surface area (Å²) in [6.45, 7) is 5.53. The summed E-state index contributed by atoms with van der Waals surface area (Å²) in [5, 5.41) is 3.46. The molecule has 0 amide bonds. The van der Waals surface area contributed by atoms with Crippen LogP contribution in [0, 0.1) is 5.92 Å². The summed E-state index contributed by atoms with van der Waals surface area (Å²) in [6.07, 6.45) is 1.20. The molecule has 2 heteroatoms. The standard InChI is InChI=1S/C18H24N2/c1-15(2)13-14-19-16-9-11-18(12-10-16)20(3)17-7-5-4-6-8-17/h4-12,15,19H,13-14H2,1-3H3. The van der Waals surface area contributed by atoms with Crippen LogP contribution >= 0.6 is 0 Å². The van der Waals surface area contributed by atoms with E-state index >= 15 is 0 Å². The molecule has 1 N–H and O–H groups in total. The van der Waals surface area contributed by atoms with Crippen LogP contribution in [0.5, 0.6) is 0 Å². The van der Waals surface area contributed by atoms with Gasteiger partial charge in [-0.25, -0.2) is 0 Å². The molecule has 0 fully saturated rings. The van der Waals surface area contributed by atoms with Crippen molar-refractivity contribution >= 4 is 17.1 Å². The Balaban J connectivity index is 1.97. The van der Waals surface area contributed by atoms with E-state index < -0.39 is 0 Å². The van der Waals surface area contributed by atoms with Gasteiger partial charge in [-0.3, -0.25) is 0 Å². The highest BCUT2D eigenvalue weighted by Gasteiger charge is 2.03. The third-order valence-corrected chi connectivity index (χ3v) is 3.45. The zero-order valence-electron chi connectivity index (χ0n) is 12.6. The molecule has 2 aromatic carbocycles. The molecule has 0 aliphatic carbocycles. The Morgan fingerprint density at radius 2 is 1.50 bits per heavy atom. The molecule has 106 valence electrons. The van der Waals surface area contributed by atoms with Crippen LogP contribution in [0.3, 0.4) is 0 Å². The predicted molar refractivity (Wildman–Crippen MR) is 88.9 cm³/mol. The number of hydrogen-bond acceptors (Lipinski definition) is 2. The highest BCUT2D eigenvalue weighted by molar-refractivity contribution is 5.64. The van der Waals surface area contributed by atoms with E-state index in [4.69, 9.17) is 0 Å². The van der Waals surface area contributed by atoms with Gasteiger partial charge >= 0.3 is 0 Å². The summed E-state index contributed by atoms with van der Waals surface area (Å²) >= 11 is 0. The fraction of sp³-hybridized carbons (Fsp3) is 0.333. The van der Waals surface area contributed by atoms with Crippen LogP contribution in [-0.2, 0) is 0 Å². The Labute approximate surface area is 122 Å². The molecule has 0 aliphatic heterocycles. The first kappa shape index (κ1) is 14.4. The summed E-state index contributed by atoms with van der Waals surface area (Å²) in [5.41, 5.74) is 3.59. The molecule has 0 atom stereocenters. The lowest BCUT2D eigenvalue weighted by Gasteiger charge is -2.20. The minimum Gasteiger partial charge on any atom is -0.385 e. The van der Waals surface area contributed by atoms with Crippen LogP contribution < -0.4 is 10.2 Å². The molecule has 2 rings (SSSR count). The number of benzene rings is 2. The Kier molecular flexibility index (Phi) is 5.05. The average Bonchev–Trinajstić information content (AvgIpc) is 2.48. The first-order chi connectivity index (χ1) is 9.66. The zero-order chi connectivity index (χ0) is 14.4. The molecule has 0 spiro atoms. The van der Waals surface area contributed by atoms with E-state index in [0.29, 0.717) is 0 Å². The molecule has 2 aromatic rings. The third kappa shape index (κ3) is 4.02. The summed E-state index contributed by atoms with van der Waals surface area (Å²) in [5.74, 6) is 0.742. The van der Waals surface area contributed by atoms with E-state index in [9.17, 15) is 0 Å². The minimum atomic E-state index is 0.742. The van der Waals surface area contributed by atoms with Crippen molar-refractivity contribution in [3.8, 4) is 0 Å². The van der Waals surface area contributed by atoms with Crippen molar-refractivity contribution in [2.45, 2.75) is 20.3 Å². The Bertz CT molecular complexity index is 503. The van der Waals surface area contributed by atoms with E-state index in [0.717, 1.165) is 12.5 Å². The SMILES string of the molecule is CC(C)CCNc1ccc(N(C)c2ccccc2)cc1. The Morgan fingerprint density at radius 3 is 2.10 bits per heavy atom. The third-order valence-electron chi connectivity index (χ3n) is 3.45. The number of anilines is 3. The maximum absolute atomic E-state index is 3.46. The van der Waals surface area contributed by atoms with Crippen molar-refractivity contribution in [3.63, 3.8) is 0 Å². The second-order valence-corrected chi connectivity index (χ2v) is 5.55. The van der Waals surface area contributed by atoms with Crippen LogP contribution in [0.4, 0.5) is 17.1 Å². The van der Waals surface area contributed by atoms with Gasteiger partial charge in [-0.15, -0.1) is 0 Å². The molecule has 0 bridgehead atoms. The molecule has 0 heterocycles. The van der Waals surface area contributed by atoms with Gasteiger partial charge in [0.25, 0.3) is 0 Å². The zero-order valence-corrected chi connectivity index (χ0v) is 12.6. The van der Waals surface area contributed by atoms with Crippen LogP contribution in [-0.4, -0.2) is 13.6 Å². The molecule has 0 aromatic heterocycles. The van der Waals surface area contributed by atoms with E-state index in [1.807, 2.05) is 6.07 Å². The number of nitrogens with zero attached hydrogens (tertiary/aromatic N) is 1. The largest absolute Gasteiger partial charge is 0.385 e. The maximum Gasteiger partial charge on any atom is 0.0409 e. The van der Waals surface area contributed by atoms with Gasteiger partial charge in [-0.1, -0.05) is 32.0 Å². The van der Waals surface area contributed by atoms with Crippen LogP contribution in [0.25, 0.3) is 0 Å². The summed E-state index contributed by atoms with van der Waals surface area (Å²) in [6, 6.07) is 19.0. The first-order valence-electron chi connectivity index (χ1n) is 7.29. The number of rotatable bonds is 6. The normalized spacial score (nSPS) is 10.6.